The predicted molar refractivity (Wildman–Crippen MR) is 119 cm³/mol. The molecule has 0 atom stereocenters. The molecule has 0 fully saturated rings. The number of hydrogen-bond donors (Lipinski definition) is 3. The standard InChI is InChI=1S/C23H26ClN3O3/c1-14(2)13-25-23(30)18-12-17(24)7-9-20(18)27-21(28)5-3-4-15-6-8-19-16(10-15)11-22(29)26-19/h6-10,12,14H,3-5,11,13H2,1-2H3,(H,25,30)(H,26,29)(H,27,28). The van der Waals surface area contributed by atoms with Crippen LogP contribution in [0.25, 0.3) is 0 Å². The molecule has 0 bridgehead atoms. The summed E-state index contributed by atoms with van der Waals surface area (Å²) in [5.41, 5.74) is 3.77. The van der Waals surface area contributed by atoms with Crippen molar-refractivity contribution in [1.29, 1.82) is 0 Å². The number of carbonyl (C=O) groups excluding carboxylic acids is 3. The van der Waals surface area contributed by atoms with Gasteiger partial charge in [0.1, 0.15) is 0 Å². The highest BCUT2D eigenvalue weighted by molar-refractivity contribution is 6.31. The first-order chi connectivity index (χ1) is 14.3. The summed E-state index contributed by atoms with van der Waals surface area (Å²) in [5, 5.41) is 8.93. The third-order valence-electron chi connectivity index (χ3n) is 4.84. The SMILES string of the molecule is CC(C)CNC(=O)c1cc(Cl)ccc1NC(=O)CCCc1ccc2c(c1)CC(=O)N2. The smallest absolute Gasteiger partial charge is 0.253 e. The van der Waals surface area contributed by atoms with Gasteiger partial charge in [-0.05, 0) is 54.2 Å². The lowest BCUT2D eigenvalue weighted by atomic mass is 10.0. The van der Waals surface area contributed by atoms with Crippen molar-refractivity contribution in [3.8, 4) is 0 Å². The van der Waals surface area contributed by atoms with E-state index in [2.05, 4.69) is 16.0 Å². The molecule has 0 aliphatic carbocycles. The van der Waals surface area contributed by atoms with Gasteiger partial charge in [0.2, 0.25) is 11.8 Å². The van der Waals surface area contributed by atoms with Crippen molar-refractivity contribution in [3.63, 3.8) is 0 Å². The van der Waals surface area contributed by atoms with Crippen molar-refractivity contribution in [1.82, 2.24) is 5.32 Å². The highest BCUT2D eigenvalue weighted by atomic mass is 35.5. The minimum absolute atomic E-state index is 0.0118. The molecule has 0 radical (unpaired) electrons. The summed E-state index contributed by atoms with van der Waals surface area (Å²) in [6, 6.07) is 10.8. The minimum atomic E-state index is -0.261. The van der Waals surface area contributed by atoms with Gasteiger partial charge in [-0.1, -0.05) is 37.6 Å². The lowest BCUT2D eigenvalue weighted by molar-refractivity contribution is -0.116. The van der Waals surface area contributed by atoms with E-state index in [-0.39, 0.29) is 17.7 Å². The van der Waals surface area contributed by atoms with Crippen molar-refractivity contribution in [2.45, 2.75) is 39.5 Å². The zero-order valence-corrected chi connectivity index (χ0v) is 17.9. The molecule has 30 heavy (non-hydrogen) atoms. The number of benzene rings is 2. The molecule has 0 saturated carbocycles. The molecule has 0 spiro atoms. The van der Waals surface area contributed by atoms with Gasteiger partial charge in [-0.25, -0.2) is 0 Å². The average molecular weight is 428 g/mol. The summed E-state index contributed by atoms with van der Waals surface area (Å²) < 4.78 is 0. The topological polar surface area (TPSA) is 87.3 Å². The van der Waals surface area contributed by atoms with E-state index < -0.39 is 0 Å². The van der Waals surface area contributed by atoms with E-state index in [1.165, 1.54) is 0 Å². The van der Waals surface area contributed by atoms with Gasteiger partial charge in [-0.2, -0.15) is 0 Å². The fourth-order valence-corrected chi connectivity index (χ4v) is 3.48. The average Bonchev–Trinajstić information content (AvgIpc) is 3.06. The number of aryl methyl sites for hydroxylation is 1. The second-order valence-electron chi connectivity index (χ2n) is 7.91. The van der Waals surface area contributed by atoms with Crippen LogP contribution >= 0.6 is 11.6 Å². The van der Waals surface area contributed by atoms with Crippen LogP contribution in [-0.2, 0) is 22.4 Å². The van der Waals surface area contributed by atoms with E-state index >= 15 is 0 Å². The summed E-state index contributed by atoms with van der Waals surface area (Å²) in [5.74, 6) is -0.0898. The Morgan fingerprint density at radius 2 is 1.97 bits per heavy atom. The largest absolute Gasteiger partial charge is 0.352 e. The highest BCUT2D eigenvalue weighted by Crippen LogP contribution is 2.25. The molecule has 3 amide bonds. The summed E-state index contributed by atoms with van der Waals surface area (Å²) >= 11 is 6.04. The van der Waals surface area contributed by atoms with Crippen LogP contribution in [0.2, 0.25) is 5.02 Å². The molecular weight excluding hydrogens is 402 g/mol. The van der Waals surface area contributed by atoms with E-state index in [1.54, 1.807) is 18.2 Å². The number of rotatable bonds is 8. The van der Waals surface area contributed by atoms with Crippen LogP contribution in [0.4, 0.5) is 11.4 Å². The zero-order valence-electron chi connectivity index (χ0n) is 17.2. The number of nitrogens with one attached hydrogen (secondary N) is 3. The van der Waals surface area contributed by atoms with E-state index in [9.17, 15) is 14.4 Å². The van der Waals surface area contributed by atoms with Crippen molar-refractivity contribution in [2.24, 2.45) is 5.92 Å². The highest BCUT2D eigenvalue weighted by Gasteiger charge is 2.18. The van der Waals surface area contributed by atoms with E-state index in [0.29, 0.717) is 48.0 Å². The van der Waals surface area contributed by atoms with Gasteiger partial charge in [0, 0.05) is 23.7 Å². The Hall–Kier alpha value is -2.86. The van der Waals surface area contributed by atoms with Crippen LogP contribution in [-0.4, -0.2) is 24.3 Å². The Balaban J connectivity index is 1.55. The fourth-order valence-electron chi connectivity index (χ4n) is 3.31. The van der Waals surface area contributed by atoms with Crippen LogP contribution in [0.15, 0.2) is 36.4 Å². The van der Waals surface area contributed by atoms with Gasteiger partial charge in [0.05, 0.1) is 17.7 Å². The molecular formula is C23H26ClN3O3. The second-order valence-corrected chi connectivity index (χ2v) is 8.35. The third kappa shape index (κ3) is 5.83. The van der Waals surface area contributed by atoms with Gasteiger partial charge in [-0.15, -0.1) is 0 Å². The van der Waals surface area contributed by atoms with Crippen molar-refractivity contribution >= 4 is 40.7 Å². The van der Waals surface area contributed by atoms with Crippen molar-refractivity contribution < 1.29 is 14.4 Å². The molecule has 2 aromatic rings. The van der Waals surface area contributed by atoms with Gasteiger partial charge in [-0.3, -0.25) is 14.4 Å². The van der Waals surface area contributed by atoms with Crippen molar-refractivity contribution in [3.05, 3.63) is 58.1 Å². The Kier molecular flexibility index (Phi) is 7.11. The van der Waals surface area contributed by atoms with Crippen LogP contribution in [0.5, 0.6) is 0 Å². The minimum Gasteiger partial charge on any atom is -0.352 e. The first-order valence-corrected chi connectivity index (χ1v) is 10.5. The summed E-state index contributed by atoms with van der Waals surface area (Å²) in [6.45, 7) is 4.56. The Morgan fingerprint density at radius 3 is 2.73 bits per heavy atom. The number of hydrogen-bond acceptors (Lipinski definition) is 3. The van der Waals surface area contributed by atoms with Gasteiger partial charge in [0.25, 0.3) is 5.91 Å². The van der Waals surface area contributed by atoms with Gasteiger partial charge >= 0.3 is 0 Å². The Morgan fingerprint density at radius 1 is 1.17 bits per heavy atom. The zero-order chi connectivity index (χ0) is 21.7. The lowest BCUT2D eigenvalue weighted by Gasteiger charge is -2.13. The summed E-state index contributed by atoms with van der Waals surface area (Å²) in [4.78, 5) is 36.4. The fraction of sp³-hybridized carbons (Fsp3) is 0.348. The Labute approximate surface area is 181 Å². The summed E-state index contributed by atoms with van der Waals surface area (Å²) in [6.07, 6.45) is 2.12. The number of anilines is 2. The maximum absolute atomic E-state index is 12.5. The lowest BCUT2D eigenvalue weighted by Crippen LogP contribution is -2.28. The molecule has 0 unspecified atom stereocenters. The third-order valence-corrected chi connectivity index (χ3v) is 5.07. The number of amides is 3. The molecule has 0 saturated heterocycles. The molecule has 3 N–H and O–H groups in total. The number of carbonyl (C=O) groups is 3. The van der Waals surface area contributed by atoms with E-state index in [1.807, 2.05) is 32.0 Å². The van der Waals surface area contributed by atoms with Crippen LogP contribution in [0, 0.1) is 5.92 Å². The van der Waals surface area contributed by atoms with Crippen LogP contribution in [0.1, 0.15) is 48.2 Å². The molecule has 0 aromatic heterocycles. The van der Waals surface area contributed by atoms with Gasteiger partial charge < -0.3 is 16.0 Å². The molecule has 6 nitrogen and oxygen atoms in total. The molecule has 7 heteroatoms. The normalized spacial score (nSPS) is 12.5. The van der Waals surface area contributed by atoms with Crippen LogP contribution in [0.3, 0.4) is 0 Å². The molecule has 1 heterocycles. The van der Waals surface area contributed by atoms with Crippen LogP contribution < -0.4 is 16.0 Å². The van der Waals surface area contributed by atoms with E-state index in [4.69, 9.17) is 11.6 Å². The molecule has 1 aliphatic heterocycles. The molecule has 2 aromatic carbocycles. The number of fused-ring (bicyclic) bond motifs is 1. The molecule has 1 aliphatic rings. The second kappa shape index (κ2) is 9.76. The maximum Gasteiger partial charge on any atom is 0.253 e. The quantitative estimate of drug-likeness (QED) is 0.590. The Bertz CT molecular complexity index is 972. The van der Waals surface area contributed by atoms with E-state index in [0.717, 1.165) is 23.2 Å². The monoisotopic (exact) mass is 427 g/mol. The first-order valence-electron chi connectivity index (χ1n) is 10.1. The first kappa shape index (κ1) is 21.8. The molecule has 158 valence electrons. The molecule has 3 rings (SSSR count). The van der Waals surface area contributed by atoms with Crippen molar-refractivity contribution in [2.75, 3.05) is 17.2 Å². The summed E-state index contributed by atoms with van der Waals surface area (Å²) in [7, 11) is 0. The van der Waals surface area contributed by atoms with Gasteiger partial charge in [0.15, 0.2) is 0 Å². The number of halogens is 1. The predicted octanol–water partition coefficient (Wildman–Crippen LogP) is 4.18. The maximum atomic E-state index is 12.5.